The molecule has 22 heavy (non-hydrogen) atoms. The van der Waals surface area contributed by atoms with Gasteiger partial charge >= 0.3 is 0 Å². The highest BCUT2D eigenvalue weighted by Gasteiger charge is 2.24. The second kappa shape index (κ2) is 7.77. The second-order valence-corrected chi connectivity index (χ2v) is 6.30. The fourth-order valence-electron chi connectivity index (χ4n) is 3.18. The average molecular weight is 315 g/mol. The van der Waals surface area contributed by atoms with Gasteiger partial charge in [-0.3, -0.25) is 4.90 Å². The minimum atomic E-state index is 0.361. The van der Waals surface area contributed by atoms with Gasteiger partial charge in [0.2, 0.25) is 0 Å². The van der Waals surface area contributed by atoms with Crippen LogP contribution in [0.5, 0.6) is 0 Å². The number of benzene rings is 2. The Bertz CT molecular complexity index is 579. The van der Waals surface area contributed by atoms with Gasteiger partial charge in [-0.1, -0.05) is 60.1 Å². The van der Waals surface area contributed by atoms with Crippen LogP contribution in [0.4, 0.5) is 0 Å². The predicted octanol–water partition coefficient (Wildman–Crippen LogP) is 4.27. The fourth-order valence-corrected chi connectivity index (χ4v) is 3.45. The van der Waals surface area contributed by atoms with Crippen LogP contribution in [0.15, 0.2) is 54.6 Å². The molecule has 2 aromatic rings. The first-order valence-electron chi connectivity index (χ1n) is 8.08. The van der Waals surface area contributed by atoms with Gasteiger partial charge in [-0.15, -0.1) is 0 Å². The van der Waals surface area contributed by atoms with Crippen LogP contribution >= 0.6 is 11.6 Å². The molecule has 2 nitrogen and oxygen atoms in total. The summed E-state index contributed by atoms with van der Waals surface area (Å²) in [7, 11) is 0. The Morgan fingerprint density at radius 2 is 1.64 bits per heavy atom. The Labute approximate surface area is 138 Å². The zero-order valence-corrected chi connectivity index (χ0v) is 13.6. The Morgan fingerprint density at radius 3 is 2.36 bits per heavy atom. The predicted molar refractivity (Wildman–Crippen MR) is 93.1 cm³/mol. The van der Waals surface area contributed by atoms with Gasteiger partial charge in [0.15, 0.2) is 0 Å². The molecule has 0 spiro atoms. The summed E-state index contributed by atoms with van der Waals surface area (Å²) in [4.78, 5) is 2.55. The van der Waals surface area contributed by atoms with E-state index in [1.807, 2.05) is 12.1 Å². The highest BCUT2D eigenvalue weighted by molar-refractivity contribution is 6.31. The SMILES string of the molecule is Clc1ccccc1C(CNCc1ccccc1)N1CCCC1. The molecule has 1 fully saturated rings. The quantitative estimate of drug-likeness (QED) is 0.856. The molecule has 2 aromatic carbocycles. The molecule has 3 heteroatoms. The van der Waals surface area contributed by atoms with Crippen LogP contribution in [-0.4, -0.2) is 24.5 Å². The third kappa shape index (κ3) is 3.89. The Kier molecular flexibility index (Phi) is 5.49. The van der Waals surface area contributed by atoms with Crippen LogP contribution in [-0.2, 0) is 6.54 Å². The lowest BCUT2D eigenvalue weighted by Gasteiger charge is -2.29. The van der Waals surface area contributed by atoms with Crippen molar-refractivity contribution in [2.45, 2.75) is 25.4 Å². The van der Waals surface area contributed by atoms with E-state index < -0.39 is 0 Å². The lowest BCUT2D eigenvalue weighted by molar-refractivity contribution is 0.238. The van der Waals surface area contributed by atoms with Gasteiger partial charge in [0.25, 0.3) is 0 Å². The number of rotatable bonds is 6. The summed E-state index contributed by atoms with van der Waals surface area (Å²) in [5.41, 5.74) is 2.56. The van der Waals surface area contributed by atoms with Crippen molar-refractivity contribution in [1.29, 1.82) is 0 Å². The normalized spacial score (nSPS) is 16.8. The third-order valence-corrected chi connectivity index (χ3v) is 4.70. The first kappa shape index (κ1) is 15.5. The summed E-state index contributed by atoms with van der Waals surface area (Å²) in [5, 5.41) is 4.48. The molecule has 1 N–H and O–H groups in total. The lowest BCUT2D eigenvalue weighted by Crippen LogP contribution is -2.34. The summed E-state index contributed by atoms with van der Waals surface area (Å²) < 4.78 is 0. The molecule has 1 aliphatic heterocycles. The molecule has 0 saturated carbocycles. The third-order valence-electron chi connectivity index (χ3n) is 4.36. The molecule has 0 aliphatic carbocycles. The monoisotopic (exact) mass is 314 g/mol. The van der Waals surface area contributed by atoms with Crippen molar-refractivity contribution in [2.75, 3.05) is 19.6 Å². The number of hydrogen-bond acceptors (Lipinski definition) is 2. The van der Waals surface area contributed by atoms with Gasteiger partial charge in [0.1, 0.15) is 0 Å². The van der Waals surface area contributed by atoms with Crippen molar-refractivity contribution in [3.05, 3.63) is 70.7 Å². The van der Waals surface area contributed by atoms with Crippen LogP contribution in [0.25, 0.3) is 0 Å². The Hall–Kier alpha value is -1.35. The van der Waals surface area contributed by atoms with Crippen molar-refractivity contribution < 1.29 is 0 Å². The van der Waals surface area contributed by atoms with Crippen molar-refractivity contribution in [3.8, 4) is 0 Å². The maximum atomic E-state index is 6.44. The highest BCUT2D eigenvalue weighted by atomic mass is 35.5. The number of hydrogen-bond donors (Lipinski definition) is 1. The zero-order chi connectivity index (χ0) is 15.2. The second-order valence-electron chi connectivity index (χ2n) is 5.90. The van der Waals surface area contributed by atoms with Crippen molar-refractivity contribution >= 4 is 11.6 Å². The topological polar surface area (TPSA) is 15.3 Å². The van der Waals surface area contributed by atoms with E-state index in [1.54, 1.807) is 0 Å². The van der Waals surface area contributed by atoms with Crippen LogP contribution < -0.4 is 5.32 Å². The van der Waals surface area contributed by atoms with Gasteiger partial charge in [-0.2, -0.15) is 0 Å². The molecule has 1 saturated heterocycles. The number of nitrogens with zero attached hydrogens (tertiary/aromatic N) is 1. The van der Waals surface area contributed by atoms with Gasteiger partial charge in [-0.25, -0.2) is 0 Å². The minimum absolute atomic E-state index is 0.361. The Morgan fingerprint density at radius 1 is 0.955 bits per heavy atom. The molecule has 0 radical (unpaired) electrons. The van der Waals surface area contributed by atoms with E-state index in [9.17, 15) is 0 Å². The average Bonchev–Trinajstić information content (AvgIpc) is 3.08. The van der Waals surface area contributed by atoms with E-state index in [2.05, 4.69) is 52.7 Å². The lowest BCUT2D eigenvalue weighted by atomic mass is 10.1. The van der Waals surface area contributed by atoms with Crippen LogP contribution in [0, 0.1) is 0 Å². The maximum Gasteiger partial charge on any atom is 0.0487 e. The van der Waals surface area contributed by atoms with Crippen molar-refractivity contribution in [3.63, 3.8) is 0 Å². The summed E-state index contributed by atoms with van der Waals surface area (Å²) in [6.45, 7) is 4.17. The van der Waals surface area contributed by atoms with Crippen molar-refractivity contribution in [2.24, 2.45) is 0 Å². The molecular formula is C19H23ClN2. The molecule has 1 heterocycles. The zero-order valence-electron chi connectivity index (χ0n) is 12.8. The molecule has 1 atom stereocenters. The van der Waals surface area contributed by atoms with E-state index in [0.717, 1.165) is 18.1 Å². The summed E-state index contributed by atoms with van der Waals surface area (Å²) >= 11 is 6.44. The molecule has 116 valence electrons. The van der Waals surface area contributed by atoms with Crippen LogP contribution in [0.1, 0.15) is 30.0 Å². The number of nitrogens with one attached hydrogen (secondary N) is 1. The van der Waals surface area contributed by atoms with E-state index >= 15 is 0 Å². The molecule has 0 amide bonds. The van der Waals surface area contributed by atoms with Crippen LogP contribution in [0.2, 0.25) is 5.02 Å². The number of likely N-dealkylation sites (tertiary alicyclic amines) is 1. The fraction of sp³-hybridized carbons (Fsp3) is 0.368. The maximum absolute atomic E-state index is 6.44. The van der Waals surface area contributed by atoms with Gasteiger partial charge in [0, 0.05) is 24.2 Å². The minimum Gasteiger partial charge on any atom is -0.311 e. The van der Waals surface area contributed by atoms with E-state index in [-0.39, 0.29) is 0 Å². The largest absolute Gasteiger partial charge is 0.311 e. The van der Waals surface area contributed by atoms with Crippen LogP contribution in [0.3, 0.4) is 0 Å². The highest BCUT2D eigenvalue weighted by Crippen LogP contribution is 2.29. The molecule has 1 unspecified atom stereocenters. The standard InChI is InChI=1S/C19H23ClN2/c20-18-11-5-4-10-17(18)19(22-12-6-7-13-22)15-21-14-16-8-2-1-3-9-16/h1-5,8-11,19,21H,6-7,12-15H2. The molecule has 0 aromatic heterocycles. The van der Waals surface area contributed by atoms with E-state index in [4.69, 9.17) is 11.6 Å². The molecule has 0 bridgehead atoms. The first-order chi connectivity index (χ1) is 10.8. The first-order valence-corrected chi connectivity index (χ1v) is 8.45. The van der Waals surface area contributed by atoms with E-state index in [0.29, 0.717) is 6.04 Å². The summed E-state index contributed by atoms with van der Waals surface area (Å²) in [6, 6.07) is 19.2. The van der Waals surface area contributed by atoms with Gasteiger partial charge in [0.05, 0.1) is 0 Å². The van der Waals surface area contributed by atoms with Gasteiger partial charge in [-0.05, 0) is 43.1 Å². The number of halogens is 1. The molecule has 3 rings (SSSR count). The smallest absolute Gasteiger partial charge is 0.0487 e. The Balaban J connectivity index is 1.68. The van der Waals surface area contributed by atoms with E-state index in [1.165, 1.54) is 37.1 Å². The molecular weight excluding hydrogens is 292 g/mol. The molecule has 1 aliphatic rings. The summed E-state index contributed by atoms with van der Waals surface area (Å²) in [5.74, 6) is 0. The van der Waals surface area contributed by atoms with Crippen molar-refractivity contribution in [1.82, 2.24) is 10.2 Å². The summed E-state index contributed by atoms with van der Waals surface area (Å²) in [6.07, 6.45) is 2.58. The van der Waals surface area contributed by atoms with Gasteiger partial charge < -0.3 is 5.32 Å².